The molecule has 4 rings (SSSR count). The van der Waals surface area contributed by atoms with Gasteiger partial charge in [-0.25, -0.2) is 4.79 Å². The van der Waals surface area contributed by atoms with Crippen molar-refractivity contribution in [2.75, 3.05) is 6.61 Å². The van der Waals surface area contributed by atoms with Crippen LogP contribution in [0.5, 0.6) is 17.2 Å². The number of rotatable bonds is 9. The maximum atomic E-state index is 13.0. The Morgan fingerprint density at radius 1 is 1.05 bits per heavy atom. The summed E-state index contributed by atoms with van der Waals surface area (Å²) in [6.07, 6.45) is -4.78. The van der Waals surface area contributed by atoms with Crippen LogP contribution in [0.4, 0.5) is 0 Å². The molecule has 7 N–H and O–H groups in total. The molecule has 1 aromatic heterocycles. The lowest BCUT2D eigenvalue weighted by molar-refractivity contribution is -0.234. The Labute approximate surface area is 246 Å². The minimum absolute atomic E-state index is 0.00280. The summed E-state index contributed by atoms with van der Waals surface area (Å²) in [5.74, 6) is -2.05. The molecule has 0 bridgehead atoms. The fourth-order valence-corrected chi connectivity index (χ4v) is 4.73. The summed E-state index contributed by atoms with van der Waals surface area (Å²) < 4.78 is 17.0. The summed E-state index contributed by atoms with van der Waals surface area (Å²) in [4.78, 5) is 25.6. The number of hydrogen-bond donors (Lipinski definition) is 7. The number of phenolic OH excluding ortho intramolecular Hbond substituents is 3. The van der Waals surface area contributed by atoms with Crippen LogP contribution in [0.25, 0.3) is 22.3 Å². The van der Waals surface area contributed by atoms with E-state index in [1.807, 2.05) is 0 Å². The highest BCUT2D eigenvalue weighted by Crippen LogP contribution is 2.43. The molecule has 2 heterocycles. The van der Waals surface area contributed by atoms with Crippen LogP contribution < -0.4 is 5.43 Å². The quantitative estimate of drug-likeness (QED) is 0.108. The van der Waals surface area contributed by atoms with E-state index >= 15 is 0 Å². The van der Waals surface area contributed by atoms with E-state index in [2.05, 4.69) is 6.58 Å². The Kier molecular flexibility index (Phi) is 9.28. The van der Waals surface area contributed by atoms with Gasteiger partial charge in [0, 0.05) is 23.3 Å². The first-order valence-electron chi connectivity index (χ1n) is 13.5. The first kappa shape index (κ1) is 31.7. The highest BCUT2D eigenvalue weighted by Gasteiger charge is 2.46. The zero-order valence-corrected chi connectivity index (χ0v) is 23.5. The lowest BCUT2D eigenvalue weighted by atomic mass is 9.89. The number of carbonyl (C=O) groups is 1. The van der Waals surface area contributed by atoms with E-state index in [-0.39, 0.29) is 33.6 Å². The number of hydrogen-bond acceptors (Lipinski definition) is 12. The van der Waals surface area contributed by atoms with Gasteiger partial charge in [0.15, 0.2) is 11.0 Å². The minimum atomic E-state index is -1.84. The van der Waals surface area contributed by atoms with Crippen molar-refractivity contribution >= 4 is 16.9 Å². The molecule has 3 aromatic rings. The summed E-state index contributed by atoms with van der Waals surface area (Å²) in [6.45, 7) is 6.06. The van der Waals surface area contributed by atoms with Gasteiger partial charge in [-0.3, -0.25) is 4.79 Å². The van der Waals surface area contributed by atoms with Crippen LogP contribution in [-0.4, -0.2) is 78.3 Å². The van der Waals surface area contributed by atoms with Crippen LogP contribution in [-0.2, 0) is 14.3 Å². The fourth-order valence-electron chi connectivity index (χ4n) is 4.73. The topological polar surface area (TPSA) is 207 Å². The van der Waals surface area contributed by atoms with Crippen molar-refractivity contribution in [2.45, 2.75) is 62.8 Å². The Bertz CT molecular complexity index is 1590. The number of benzene rings is 2. The van der Waals surface area contributed by atoms with E-state index in [0.717, 1.165) is 12.1 Å². The van der Waals surface area contributed by atoms with Gasteiger partial charge < -0.3 is 49.6 Å². The molecule has 2 aromatic carbocycles. The van der Waals surface area contributed by atoms with E-state index in [4.69, 9.17) is 13.9 Å². The molecule has 0 aliphatic carbocycles. The highest BCUT2D eigenvalue weighted by molar-refractivity contribution is 5.90. The number of aliphatic hydroxyl groups excluding tert-OH is 3. The van der Waals surface area contributed by atoms with E-state index in [1.54, 1.807) is 13.0 Å². The Balaban J connectivity index is 1.65. The van der Waals surface area contributed by atoms with Crippen molar-refractivity contribution in [1.82, 2.24) is 0 Å². The summed E-state index contributed by atoms with van der Waals surface area (Å²) in [7, 11) is 0. The predicted molar refractivity (Wildman–Crippen MR) is 153 cm³/mol. The minimum Gasteiger partial charge on any atom is -0.508 e. The second-order valence-corrected chi connectivity index (χ2v) is 10.7. The maximum Gasteiger partial charge on any atom is 0.333 e. The molecule has 0 unspecified atom stereocenters. The number of allylic oxidation sites excluding steroid dienone is 1. The number of esters is 1. The van der Waals surface area contributed by atoms with Gasteiger partial charge in [-0.15, -0.1) is 6.58 Å². The molecule has 6 atom stereocenters. The third-order valence-corrected chi connectivity index (χ3v) is 7.39. The van der Waals surface area contributed by atoms with Gasteiger partial charge in [-0.1, -0.05) is 12.2 Å². The Morgan fingerprint density at radius 2 is 1.72 bits per heavy atom. The lowest BCUT2D eigenvalue weighted by Gasteiger charge is -2.40. The summed E-state index contributed by atoms with van der Waals surface area (Å²) in [5.41, 5.74) is -1.88. The van der Waals surface area contributed by atoms with Gasteiger partial charge in [0.05, 0.1) is 11.2 Å². The Hall–Kier alpha value is -4.20. The lowest BCUT2D eigenvalue weighted by Crippen LogP contribution is -2.55. The number of ether oxygens (including phenoxy) is 2. The van der Waals surface area contributed by atoms with Crippen LogP contribution in [0.3, 0.4) is 0 Å². The molecule has 12 nitrogen and oxygen atoms in total. The standard InChI is InChI=1S/C31H34O12/c1-4-31(3,40)11-5-6-15(2)30(39)41-14-22-25(36)26(37)27(38)29(43-22)24-19(34)12-18(33)23-20(35)13-21(42-28(23)24)16-7-9-17(32)10-8-16/h4,6-10,12-13,22,25-27,29,32-34,36-38,40H,1,5,11,14H2,2-3H3/b15-6+/t22-,25-,26+,27-,29-,31-/m1/s1. The van der Waals surface area contributed by atoms with Gasteiger partial charge in [-0.05, 0) is 51.0 Å². The summed E-state index contributed by atoms with van der Waals surface area (Å²) in [5, 5.41) is 72.7. The van der Waals surface area contributed by atoms with Gasteiger partial charge >= 0.3 is 5.97 Å². The van der Waals surface area contributed by atoms with E-state index in [9.17, 15) is 45.3 Å². The van der Waals surface area contributed by atoms with Crippen molar-refractivity contribution in [3.63, 3.8) is 0 Å². The normalized spacial score (nSPS) is 24.0. The number of aromatic hydroxyl groups is 3. The van der Waals surface area contributed by atoms with Crippen molar-refractivity contribution in [2.24, 2.45) is 0 Å². The largest absolute Gasteiger partial charge is 0.508 e. The molecule has 1 fully saturated rings. The monoisotopic (exact) mass is 598 g/mol. The second kappa shape index (κ2) is 12.6. The highest BCUT2D eigenvalue weighted by atomic mass is 16.6. The van der Waals surface area contributed by atoms with Crippen LogP contribution in [0.15, 0.2) is 69.9 Å². The smallest absolute Gasteiger partial charge is 0.333 e. The number of phenols is 3. The molecule has 230 valence electrons. The zero-order valence-electron chi connectivity index (χ0n) is 23.5. The van der Waals surface area contributed by atoms with Gasteiger partial charge in [0.1, 0.15) is 65.5 Å². The zero-order chi connectivity index (χ0) is 31.6. The SMILES string of the molecule is C=C[C@@](C)(O)CC/C=C(\C)C(=O)OC[C@H]1O[C@H](c2c(O)cc(O)c3c(=O)cc(-c4ccc(O)cc4)oc23)[C@H](O)[C@@H](O)[C@@H]1O. The molecule has 0 amide bonds. The molecule has 1 aliphatic rings. The molecular formula is C31H34O12. The van der Waals surface area contributed by atoms with Crippen molar-refractivity contribution in [3.05, 3.63) is 76.5 Å². The van der Waals surface area contributed by atoms with Crippen LogP contribution >= 0.6 is 0 Å². The number of carbonyl (C=O) groups excluding carboxylic acids is 1. The molecule has 0 saturated carbocycles. The Morgan fingerprint density at radius 3 is 2.37 bits per heavy atom. The average molecular weight is 599 g/mol. The molecular weight excluding hydrogens is 564 g/mol. The predicted octanol–water partition coefficient (Wildman–Crippen LogP) is 2.31. The van der Waals surface area contributed by atoms with Crippen LogP contribution in [0, 0.1) is 0 Å². The molecule has 1 saturated heterocycles. The number of aliphatic hydroxyl groups is 4. The van der Waals surface area contributed by atoms with Crippen molar-refractivity contribution in [3.8, 4) is 28.6 Å². The average Bonchev–Trinajstić information content (AvgIpc) is 2.96. The third kappa shape index (κ3) is 6.74. The van der Waals surface area contributed by atoms with Gasteiger partial charge in [0.25, 0.3) is 0 Å². The van der Waals surface area contributed by atoms with Crippen LogP contribution in [0.2, 0.25) is 0 Å². The van der Waals surface area contributed by atoms with E-state index < -0.39 is 65.6 Å². The second-order valence-electron chi connectivity index (χ2n) is 10.7. The van der Waals surface area contributed by atoms with Crippen LogP contribution in [0.1, 0.15) is 38.4 Å². The summed E-state index contributed by atoms with van der Waals surface area (Å²) in [6, 6.07) is 7.62. The fraction of sp³-hybridized carbons (Fsp3) is 0.355. The molecule has 43 heavy (non-hydrogen) atoms. The van der Waals surface area contributed by atoms with Gasteiger partial charge in [-0.2, -0.15) is 0 Å². The molecule has 12 heteroatoms. The molecule has 1 aliphatic heterocycles. The van der Waals surface area contributed by atoms with E-state index in [0.29, 0.717) is 18.4 Å². The maximum absolute atomic E-state index is 13.0. The third-order valence-electron chi connectivity index (χ3n) is 7.39. The first-order chi connectivity index (χ1) is 20.2. The molecule has 0 radical (unpaired) electrons. The molecule has 0 spiro atoms. The summed E-state index contributed by atoms with van der Waals surface area (Å²) >= 11 is 0. The first-order valence-corrected chi connectivity index (χ1v) is 13.5. The van der Waals surface area contributed by atoms with Gasteiger partial charge in [0.2, 0.25) is 0 Å². The van der Waals surface area contributed by atoms with E-state index in [1.165, 1.54) is 37.3 Å². The number of fused-ring (bicyclic) bond motifs is 1. The van der Waals surface area contributed by atoms with Crippen molar-refractivity contribution < 1.29 is 54.4 Å². The van der Waals surface area contributed by atoms with Crippen molar-refractivity contribution in [1.29, 1.82) is 0 Å².